The number of likely N-dealkylation sites (tertiary alicyclic amines) is 1. The third-order valence-electron chi connectivity index (χ3n) is 5.38. The molecule has 0 bridgehead atoms. The van der Waals surface area contributed by atoms with Gasteiger partial charge in [-0.2, -0.15) is 0 Å². The predicted octanol–water partition coefficient (Wildman–Crippen LogP) is 2.93. The van der Waals surface area contributed by atoms with E-state index in [-0.39, 0.29) is 18.1 Å². The molecule has 2 aliphatic heterocycles. The molecule has 0 aromatic heterocycles. The van der Waals surface area contributed by atoms with Crippen molar-refractivity contribution >= 4 is 17.4 Å². The molecule has 1 unspecified atom stereocenters. The number of nitrogens with zero attached hydrogens (tertiary/aromatic N) is 2. The lowest BCUT2D eigenvalue weighted by Crippen LogP contribution is -2.32. The van der Waals surface area contributed by atoms with Crippen LogP contribution in [-0.4, -0.2) is 60.6 Å². The van der Waals surface area contributed by atoms with Gasteiger partial charge in [0.15, 0.2) is 11.5 Å². The normalized spacial score (nSPS) is 19.5. The van der Waals surface area contributed by atoms with Crippen molar-refractivity contribution in [3.63, 3.8) is 0 Å². The average Bonchev–Trinajstić information content (AvgIpc) is 3.31. The summed E-state index contributed by atoms with van der Waals surface area (Å²) in [4.78, 5) is 29.3. The molecule has 0 aliphatic carbocycles. The van der Waals surface area contributed by atoms with Gasteiger partial charge >= 0.3 is 0 Å². The molecule has 1 fully saturated rings. The molecule has 7 nitrogen and oxygen atoms in total. The molecule has 1 saturated heterocycles. The van der Waals surface area contributed by atoms with E-state index in [1.807, 2.05) is 19.0 Å². The molecule has 8 heteroatoms. The molecule has 2 aromatic carbocycles. The fraction of sp³-hybridized carbons (Fsp3) is 0.304. The number of carbonyl (C=O) groups is 2. The lowest BCUT2D eigenvalue weighted by molar-refractivity contribution is -0.139. The summed E-state index contributed by atoms with van der Waals surface area (Å²) in [5.41, 5.74) is 0.857. The van der Waals surface area contributed by atoms with Gasteiger partial charge in [-0.1, -0.05) is 12.1 Å². The van der Waals surface area contributed by atoms with Crippen LogP contribution in [0.3, 0.4) is 0 Å². The number of rotatable bonds is 6. The smallest absolute Gasteiger partial charge is 0.295 e. The van der Waals surface area contributed by atoms with E-state index in [1.54, 1.807) is 18.2 Å². The Kier molecular flexibility index (Phi) is 5.65. The molecule has 1 N–H and O–H groups in total. The topological polar surface area (TPSA) is 79.3 Å². The van der Waals surface area contributed by atoms with E-state index in [1.165, 1.54) is 29.2 Å². The Morgan fingerprint density at radius 2 is 1.84 bits per heavy atom. The molecule has 1 atom stereocenters. The maximum atomic E-state index is 13.5. The van der Waals surface area contributed by atoms with Crippen molar-refractivity contribution in [2.75, 3.05) is 34.0 Å². The van der Waals surface area contributed by atoms with E-state index in [9.17, 15) is 19.1 Å². The minimum atomic E-state index is -0.812. The molecule has 0 saturated carbocycles. The fourth-order valence-electron chi connectivity index (χ4n) is 3.86. The van der Waals surface area contributed by atoms with Gasteiger partial charge in [-0.05, 0) is 63.0 Å². The number of aliphatic hydroxyl groups is 1. The number of hydrogen-bond acceptors (Lipinski definition) is 6. The van der Waals surface area contributed by atoms with Gasteiger partial charge < -0.3 is 24.4 Å². The first-order chi connectivity index (χ1) is 14.9. The molecule has 1 amide bonds. The number of fused-ring (bicyclic) bond motifs is 1. The number of amides is 1. The van der Waals surface area contributed by atoms with Crippen molar-refractivity contribution in [1.29, 1.82) is 0 Å². The summed E-state index contributed by atoms with van der Waals surface area (Å²) in [6.07, 6.45) is 0.641. The minimum Gasteiger partial charge on any atom is -0.507 e. The van der Waals surface area contributed by atoms with Crippen LogP contribution in [0, 0.1) is 5.82 Å². The molecule has 4 rings (SSSR count). The van der Waals surface area contributed by atoms with Crippen molar-refractivity contribution in [1.82, 2.24) is 9.80 Å². The summed E-state index contributed by atoms with van der Waals surface area (Å²) < 4.78 is 24.2. The number of ketones is 1. The number of carbonyl (C=O) groups excluding carboxylic acids is 2. The summed E-state index contributed by atoms with van der Waals surface area (Å²) in [6.45, 7) is 1.12. The number of ether oxygens (including phenoxy) is 2. The molecule has 162 valence electrons. The maximum Gasteiger partial charge on any atom is 0.295 e. The van der Waals surface area contributed by atoms with E-state index >= 15 is 0 Å². The summed E-state index contributed by atoms with van der Waals surface area (Å²) in [7, 11) is 3.84. The van der Waals surface area contributed by atoms with Crippen molar-refractivity contribution in [3.8, 4) is 11.5 Å². The van der Waals surface area contributed by atoms with E-state index in [2.05, 4.69) is 0 Å². The van der Waals surface area contributed by atoms with Gasteiger partial charge in [-0.15, -0.1) is 0 Å². The Hall–Kier alpha value is -3.39. The zero-order chi connectivity index (χ0) is 22.1. The largest absolute Gasteiger partial charge is 0.507 e. The first kappa shape index (κ1) is 20.9. The van der Waals surface area contributed by atoms with Crippen LogP contribution in [-0.2, 0) is 9.59 Å². The predicted molar refractivity (Wildman–Crippen MR) is 111 cm³/mol. The highest BCUT2D eigenvalue weighted by Crippen LogP contribution is 2.41. The Morgan fingerprint density at radius 1 is 1.13 bits per heavy atom. The molecule has 0 radical (unpaired) electrons. The highest BCUT2D eigenvalue weighted by atomic mass is 19.1. The number of aliphatic hydroxyl groups excluding tert-OH is 1. The first-order valence-electron chi connectivity index (χ1n) is 9.95. The van der Waals surface area contributed by atoms with Gasteiger partial charge in [0.2, 0.25) is 6.79 Å². The SMILES string of the molecule is CN(C)CCCN1C(=O)C(=O)/C(=C(/O)c2ccc3c(c2)OCO3)C1c1ccc(F)cc1. The second-order valence-electron chi connectivity index (χ2n) is 7.77. The molecule has 0 spiro atoms. The zero-order valence-corrected chi connectivity index (χ0v) is 17.3. The van der Waals surface area contributed by atoms with E-state index in [4.69, 9.17) is 9.47 Å². The Labute approximate surface area is 179 Å². The Bertz CT molecular complexity index is 1050. The molecule has 2 aliphatic rings. The van der Waals surface area contributed by atoms with Crippen LogP contribution >= 0.6 is 0 Å². The van der Waals surface area contributed by atoms with Crippen molar-refractivity contribution < 1.29 is 28.6 Å². The minimum absolute atomic E-state index is 0.0275. The third kappa shape index (κ3) is 3.98. The lowest BCUT2D eigenvalue weighted by Gasteiger charge is -2.26. The third-order valence-corrected chi connectivity index (χ3v) is 5.38. The van der Waals surface area contributed by atoms with Gasteiger partial charge in [0.1, 0.15) is 11.6 Å². The van der Waals surface area contributed by atoms with Crippen LogP contribution in [0.1, 0.15) is 23.6 Å². The van der Waals surface area contributed by atoms with Crippen molar-refractivity contribution in [2.24, 2.45) is 0 Å². The van der Waals surface area contributed by atoms with Crippen LogP contribution in [0.15, 0.2) is 48.0 Å². The number of benzene rings is 2. The van der Waals surface area contributed by atoms with E-state index < -0.39 is 23.5 Å². The second kappa shape index (κ2) is 8.39. The monoisotopic (exact) mass is 426 g/mol. The van der Waals surface area contributed by atoms with Gasteiger partial charge in [-0.25, -0.2) is 4.39 Å². The van der Waals surface area contributed by atoms with Crippen LogP contribution in [0.2, 0.25) is 0 Å². The van der Waals surface area contributed by atoms with Gasteiger partial charge in [-0.3, -0.25) is 9.59 Å². The Morgan fingerprint density at radius 3 is 2.55 bits per heavy atom. The second-order valence-corrected chi connectivity index (χ2v) is 7.77. The van der Waals surface area contributed by atoms with Gasteiger partial charge in [0.25, 0.3) is 11.7 Å². The number of hydrogen-bond donors (Lipinski definition) is 1. The highest BCUT2D eigenvalue weighted by molar-refractivity contribution is 6.46. The van der Waals surface area contributed by atoms with Gasteiger partial charge in [0, 0.05) is 12.1 Å². The molecule has 2 aromatic rings. The first-order valence-corrected chi connectivity index (χ1v) is 9.95. The summed E-state index contributed by atoms with van der Waals surface area (Å²) in [5, 5.41) is 11.1. The summed E-state index contributed by atoms with van der Waals surface area (Å²) in [6, 6.07) is 9.59. The summed E-state index contributed by atoms with van der Waals surface area (Å²) >= 11 is 0. The van der Waals surface area contributed by atoms with Crippen LogP contribution in [0.5, 0.6) is 11.5 Å². The molecular formula is C23H23FN2O5. The van der Waals surface area contributed by atoms with Crippen molar-refractivity contribution in [2.45, 2.75) is 12.5 Å². The average molecular weight is 426 g/mol. The fourth-order valence-corrected chi connectivity index (χ4v) is 3.86. The summed E-state index contributed by atoms with van der Waals surface area (Å²) in [5.74, 6) is -1.20. The highest BCUT2D eigenvalue weighted by Gasteiger charge is 2.45. The molecule has 2 heterocycles. The lowest BCUT2D eigenvalue weighted by atomic mass is 9.95. The van der Waals surface area contributed by atoms with Crippen LogP contribution in [0.25, 0.3) is 5.76 Å². The molecule has 31 heavy (non-hydrogen) atoms. The zero-order valence-electron chi connectivity index (χ0n) is 17.3. The number of Topliss-reactive ketones (excluding diaryl/α,β-unsaturated/α-hetero) is 1. The number of halogens is 1. The van der Waals surface area contributed by atoms with Crippen molar-refractivity contribution in [3.05, 3.63) is 65.0 Å². The van der Waals surface area contributed by atoms with Crippen LogP contribution in [0.4, 0.5) is 4.39 Å². The standard InChI is InChI=1S/C23H23FN2O5/c1-25(2)10-3-11-26-20(14-4-7-16(24)8-5-14)19(22(28)23(26)29)21(27)15-6-9-17-18(12-15)31-13-30-17/h4-9,12,20,27H,3,10-11,13H2,1-2H3/b21-19+. The van der Waals surface area contributed by atoms with E-state index in [0.717, 1.165) is 6.54 Å². The maximum absolute atomic E-state index is 13.5. The van der Waals surface area contributed by atoms with E-state index in [0.29, 0.717) is 35.6 Å². The Balaban J connectivity index is 1.78. The quantitative estimate of drug-likeness (QED) is 0.435. The molecular weight excluding hydrogens is 403 g/mol. The van der Waals surface area contributed by atoms with Gasteiger partial charge in [0.05, 0.1) is 11.6 Å². The van der Waals surface area contributed by atoms with Crippen LogP contribution < -0.4 is 9.47 Å².